The van der Waals surface area contributed by atoms with Gasteiger partial charge in [0.1, 0.15) is 0 Å². The number of halogens is 2. The summed E-state index contributed by atoms with van der Waals surface area (Å²) >= 11 is -0.840. The van der Waals surface area contributed by atoms with Crippen LogP contribution < -0.4 is 9.41 Å². The van der Waals surface area contributed by atoms with Gasteiger partial charge in [-0.2, -0.15) is 0 Å². The van der Waals surface area contributed by atoms with E-state index < -0.39 is 23.2 Å². The molecule has 6 rings (SSSR count). The maximum Gasteiger partial charge on any atom is -1.00 e. The first-order valence-corrected chi connectivity index (χ1v) is 13.3. The molecule has 0 amide bonds. The molecule has 0 bridgehead atoms. The molecule has 0 saturated heterocycles. The molecule has 2 aliphatic rings. The van der Waals surface area contributed by atoms with Gasteiger partial charge < -0.3 is 9.41 Å². The number of allylic oxidation sites excluding steroid dienone is 5. The predicted molar refractivity (Wildman–Crippen MR) is 124 cm³/mol. The number of hydrogen-bond donors (Lipinski definition) is 0. The summed E-state index contributed by atoms with van der Waals surface area (Å²) in [5, 5.41) is 2.70. The number of nitrogens with zero attached hydrogens (tertiary/aromatic N) is 1. The maximum absolute atomic E-state index is 2.56. The van der Waals surface area contributed by atoms with Crippen molar-refractivity contribution in [2.45, 2.75) is 23.9 Å². The van der Waals surface area contributed by atoms with Crippen molar-refractivity contribution in [2.24, 2.45) is 0 Å². The monoisotopic (exact) mass is 501 g/mol. The largest absolute Gasteiger partial charge is 1.00 e. The molecule has 1 nitrogen and oxygen atoms in total. The fourth-order valence-corrected chi connectivity index (χ4v) is 9.32. The number of benzene rings is 3. The number of para-hydroxylation sites is 2. The Hall–Kier alpha value is -2.58. The van der Waals surface area contributed by atoms with Gasteiger partial charge in [-0.15, -0.1) is 0 Å². The average molecular weight is 503 g/mol. The zero-order chi connectivity index (χ0) is 20.2. The molecule has 1 unspecified atom stereocenters. The summed E-state index contributed by atoms with van der Waals surface area (Å²) in [7, 11) is 0. The smallest absolute Gasteiger partial charge is 1.00 e. The Bertz CT molecular complexity index is 1370. The van der Waals surface area contributed by atoms with Crippen molar-refractivity contribution in [1.82, 2.24) is 4.57 Å². The van der Waals surface area contributed by atoms with Crippen LogP contribution in [0.25, 0.3) is 33.6 Å². The third kappa shape index (κ3) is 3.37. The van der Waals surface area contributed by atoms with Gasteiger partial charge in [0.15, 0.2) is 0 Å². The summed E-state index contributed by atoms with van der Waals surface area (Å²) in [4.78, 5) is 0. The number of hydrogen-bond acceptors (Lipinski definition) is 0. The Balaban J connectivity index is 0.00000122. The third-order valence-corrected chi connectivity index (χ3v) is 11.2. The number of aromatic nitrogens is 1. The fraction of sp³-hybridized carbons (Fsp3) is 0.143. The third-order valence-electron chi connectivity index (χ3n) is 6.72. The molecule has 0 aliphatic heterocycles. The number of fused-ring (bicyclic) bond motifs is 4. The summed E-state index contributed by atoms with van der Waals surface area (Å²) < 4.78 is 4.86. The van der Waals surface area contributed by atoms with Crippen LogP contribution in [0.15, 0.2) is 93.3 Å². The van der Waals surface area contributed by atoms with Crippen molar-refractivity contribution in [3.05, 3.63) is 104 Å². The topological polar surface area (TPSA) is 4.93 Å². The SMILES string of the molecule is CC1=CC[C]([Zr+2][CH]2C(n3c4ccccc4c4ccccc43)=Cc3ccccc32)=C1C.[F-].[F-]. The molecule has 32 heavy (non-hydrogen) atoms. The van der Waals surface area contributed by atoms with Crippen molar-refractivity contribution in [2.75, 3.05) is 0 Å². The van der Waals surface area contributed by atoms with Crippen molar-refractivity contribution in [1.29, 1.82) is 0 Å². The standard InChI is InChI=1S/C21H14N.C7H9.2FH.Zr/c1-2-8-16-14-17(13-15(16)7-1)22-20-11-5-3-9-18(20)19-10-4-6-12-21(19)22;1-6-4-3-5-7(6)2;;;/h1-14H;4H,3H2,1-2H3;2*1H;/q;;;;+2/p-2. The first-order chi connectivity index (χ1) is 14.7. The van der Waals surface area contributed by atoms with E-state index in [2.05, 4.69) is 103 Å². The van der Waals surface area contributed by atoms with E-state index in [-0.39, 0.29) is 9.41 Å². The molecule has 3 aromatic carbocycles. The van der Waals surface area contributed by atoms with Crippen LogP contribution in [0.2, 0.25) is 0 Å². The van der Waals surface area contributed by atoms with Crippen molar-refractivity contribution < 1.29 is 32.6 Å². The Morgan fingerprint density at radius 3 is 2.00 bits per heavy atom. The van der Waals surface area contributed by atoms with Crippen LogP contribution in [0, 0.1) is 0 Å². The minimum atomic E-state index is -0.840. The fourth-order valence-electron chi connectivity index (χ4n) is 4.99. The van der Waals surface area contributed by atoms with Gasteiger partial charge >= 0.3 is 190 Å². The van der Waals surface area contributed by atoms with E-state index >= 15 is 0 Å². The average Bonchev–Trinajstić information content (AvgIpc) is 3.41. The van der Waals surface area contributed by atoms with Crippen LogP contribution in [0.4, 0.5) is 0 Å². The summed E-state index contributed by atoms with van der Waals surface area (Å²) in [6.45, 7) is 4.60. The predicted octanol–water partition coefficient (Wildman–Crippen LogP) is 1.56. The van der Waals surface area contributed by atoms with Crippen LogP contribution in [0.1, 0.15) is 35.0 Å². The van der Waals surface area contributed by atoms with Crippen LogP contribution in [0.5, 0.6) is 0 Å². The van der Waals surface area contributed by atoms with E-state index in [9.17, 15) is 0 Å². The Labute approximate surface area is 198 Å². The molecular weight excluding hydrogens is 480 g/mol. The summed E-state index contributed by atoms with van der Waals surface area (Å²) in [6.07, 6.45) is 6.06. The van der Waals surface area contributed by atoms with Crippen LogP contribution in [0.3, 0.4) is 0 Å². The second kappa shape index (κ2) is 8.75. The normalized spacial score (nSPS) is 16.9. The Morgan fingerprint density at radius 1 is 0.781 bits per heavy atom. The van der Waals surface area contributed by atoms with Gasteiger partial charge in [-0.05, 0) is 0 Å². The van der Waals surface area contributed by atoms with E-state index in [0.717, 1.165) is 0 Å². The molecule has 1 aromatic heterocycles. The van der Waals surface area contributed by atoms with E-state index in [1.54, 1.807) is 8.85 Å². The number of rotatable bonds is 3. The molecular formula is C28H23F2NZr. The molecule has 1 atom stereocenters. The van der Waals surface area contributed by atoms with E-state index in [1.165, 1.54) is 50.6 Å². The van der Waals surface area contributed by atoms with Crippen LogP contribution in [-0.2, 0) is 23.2 Å². The van der Waals surface area contributed by atoms with Gasteiger partial charge in [0.25, 0.3) is 0 Å². The second-order valence-corrected chi connectivity index (χ2v) is 12.0. The van der Waals surface area contributed by atoms with E-state index in [4.69, 9.17) is 0 Å². The van der Waals surface area contributed by atoms with Crippen molar-refractivity contribution in [3.8, 4) is 0 Å². The van der Waals surface area contributed by atoms with Crippen molar-refractivity contribution >= 4 is 33.6 Å². The van der Waals surface area contributed by atoms with Crippen LogP contribution >= 0.6 is 0 Å². The molecule has 0 fully saturated rings. The first-order valence-electron chi connectivity index (χ1n) is 10.6. The molecule has 0 radical (unpaired) electrons. The minimum absolute atomic E-state index is 0. The molecule has 2 aliphatic carbocycles. The molecule has 0 N–H and O–H groups in total. The summed E-state index contributed by atoms with van der Waals surface area (Å²) in [5.74, 6) is 0. The molecule has 0 spiro atoms. The van der Waals surface area contributed by atoms with Gasteiger partial charge in [-0.25, -0.2) is 0 Å². The van der Waals surface area contributed by atoms with E-state index in [1.807, 2.05) is 0 Å². The molecule has 4 aromatic rings. The van der Waals surface area contributed by atoms with Crippen molar-refractivity contribution in [3.63, 3.8) is 0 Å². The van der Waals surface area contributed by atoms with Gasteiger partial charge in [-0.1, -0.05) is 0 Å². The Kier molecular flexibility index (Phi) is 6.18. The molecule has 1 heterocycles. The maximum atomic E-state index is 2.56. The van der Waals surface area contributed by atoms with Gasteiger partial charge in [0.05, 0.1) is 0 Å². The minimum Gasteiger partial charge on any atom is -1.00 e. The molecule has 4 heteroatoms. The zero-order valence-corrected chi connectivity index (χ0v) is 20.5. The molecule has 158 valence electrons. The summed E-state index contributed by atoms with van der Waals surface area (Å²) in [5.41, 5.74) is 10.1. The second-order valence-electron chi connectivity index (χ2n) is 8.34. The Morgan fingerprint density at radius 2 is 1.38 bits per heavy atom. The quantitative estimate of drug-likeness (QED) is 0.401. The van der Waals surface area contributed by atoms with Crippen LogP contribution in [-0.4, -0.2) is 4.57 Å². The van der Waals surface area contributed by atoms with E-state index in [0.29, 0.717) is 3.63 Å². The summed E-state index contributed by atoms with van der Waals surface area (Å²) in [6, 6.07) is 26.8. The zero-order valence-electron chi connectivity index (χ0n) is 18.1. The first kappa shape index (κ1) is 22.6. The van der Waals surface area contributed by atoms with Gasteiger partial charge in [0.2, 0.25) is 0 Å². The van der Waals surface area contributed by atoms with Gasteiger partial charge in [0, 0.05) is 0 Å². The van der Waals surface area contributed by atoms with Gasteiger partial charge in [-0.3, -0.25) is 0 Å². The molecule has 0 saturated carbocycles.